The zero-order valence-electron chi connectivity index (χ0n) is 80.2. The number of rotatable bonds is 55. The third kappa shape index (κ3) is 35.2. The second-order valence-corrected chi connectivity index (χ2v) is 37.3. The van der Waals surface area contributed by atoms with Gasteiger partial charge >= 0.3 is 6.03 Å². The van der Waals surface area contributed by atoms with Crippen LogP contribution in [0, 0.1) is 59.2 Å². The number of primary amides is 1. The summed E-state index contributed by atoms with van der Waals surface area (Å²) >= 11 is 0. The highest BCUT2D eigenvalue weighted by atomic mass is 16.5. The van der Waals surface area contributed by atoms with Crippen LogP contribution in [0.15, 0.2) is 48.5 Å². The van der Waals surface area contributed by atoms with E-state index >= 15 is 0 Å². The molecule has 3 aliphatic heterocycles. The average molecular weight is 1790 g/mol. The second-order valence-electron chi connectivity index (χ2n) is 37.3. The maximum Gasteiger partial charge on any atom is 0.312 e. The summed E-state index contributed by atoms with van der Waals surface area (Å²) in [6, 6.07) is 9.38. The number of benzene rings is 2. The highest BCUT2D eigenvalue weighted by Crippen LogP contribution is 2.33. The van der Waals surface area contributed by atoms with Gasteiger partial charge in [0.2, 0.25) is 65.0 Å². The van der Waals surface area contributed by atoms with Crippen LogP contribution in [0.5, 0.6) is 0 Å². The Kier molecular flexibility index (Phi) is 46.9. The topological polar surface area (TPSA) is 437 Å². The minimum atomic E-state index is -0.897. The first-order valence-electron chi connectivity index (χ1n) is 46.7. The highest BCUT2D eigenvalue weighted by molar-refractivity contribution is 5.99. The van der Waals surface area contributed by atoms with Crippen LogP contribution in [0.4, 0.5) is 16.2 Å². The quantitative estimate of drug-likeness (QED) is 0.0222. The van der Waals surface area contributed by atoms with Crippen molar-refractivity contribution in [1.82, 2.24) is 67.0 Å². The number of nitrogens with one attached hydrogen (secondary N) is 10. The zero-order valence-corrected chi connectivity index (χ0v) is 80.2. The molecule has 16 atom stereocenters. The van der Waals surface area contributed by atoms with Crippen LogP contribution in [0.25, 0.3) is 0 Å². The Morgan fingerprint density at radius 2 is 1.01 bits per heavy atom. The lowest BCUT2D eigenvalue weighted by atomic mass is 9.88. The fourth-order valence-electron chi connectivity index (χ4n) is 18.1. The minimum Gasteiger partial charge on any atom is -0.379 e. The van der Waals surface area contributed by atoms with Crippen molar-refractivity contribution in [2.45, 2.75) is 299 Å². The number of hydrogen-bond donors (Lipinski definition) is 11. The molecule has 0 aromatic heterocycles. The molecule has 128 heavy (non-hydrogen) atoms. The van der Waals surface area contributed by atoms with Gasteiger partial charge in [-0.3, -0.25) is 72.0 Å². The first kappa shape index (κ1) is 109. The van der Waals surface area contributed by atoms with Gasteiger partial charge in [0, 0.05) is 146 Å². The molecule has 0 saturated carbocycles. The monoisotopic (exact) mass is 1790 g/mol. The van der Waals surface area contributed by atoms with E-state index in [1.54, 1.807) is 60.2 Å². The van der Waals surface area contributed by atoms with Gasteiger partial charge in [-0.25, -0.2) is 4.79 Å². The van der Waals surface area contributed by atoms with Gasteiger partial charge in [0.05, 0.1) is 55.5 Å². The molecule has 3 saturated heterocycles. The lowest BCUT2D eigenvalue weighted by molar-refractivity contribution is -0.148. The maximum atomic E-state index is 14.5. The Balaban J connectivity index is 1.01. The number of ketones is 3. The Bertz CT molecular complexity index is 3950. The molecule has 3 heterocycles. The molecule has 3 fully saturated rings. The summed E-state index contributed by atoms with van der Waals surface area (Å²) in [6.45, 7) is 31.8. The summed E-state index contributed by atoms with van der Waals surface area (Å²) in [5, 5.41) is 28.7. The number of anilines is 2. The number of Topliss-reactive ketones (excluding diaryl/α,β-unsaturated/α-hetero) is 3. The summed E-state index contributed by atoms with van der Waals surface area (Å²) in [5.74, 6) is -7.04. The molecule has 4 unspecified atom stereocenters. The van der Waals surface area contributed by atoms with E-state index < -0.39 is 78.2 Å². The Hall–Kier alpha value is -9.31. The van der Waals surface area contributed by atoms with Crippen LogP contribution < -0.4 is 58.9 Å². The van der Waals surface area contributed by atoms with Crippen molar-refractivity contribution in [3.8, 4) is 0 Å². The van der Waals surface area contributed by atoms with Gasteiger partial charge in [-0.15, -0.1) is 0 Å². The number of ether oxygens (including phenoxy) is 2. The van der Waals surface area contributed by atoms with Crippen molar-refractivity contribution < 1.29 is 81.4 Å². The molecule has 0 bridgehead atoms. The van der Waals surface area contributed by atoms with E-state index in [9.17, 15) is 71.9 Å². The van der Waals surface area contributed by atoms with Gasteiger partial charge in [-0.05, 0) is 190 Å². The Morgan fingerprint density at radius 1 is 0.516 bits per heavy atom. The molecule has 12 N–H and O–H groups in total. The first-order chi connectivity index (χ1) is 60.5. The standard InChI is InChI=1S/C95H156N16O17/c1-21-61(11)87(108(18)94(125)85(59(7)8)106-93(124)86(60(9)10)107(16)17)78(127-19)53-82(119)111-46-24-28-74(111)88(128-20)64(14)75(113)39-40-79(116)99-55-67-33-37-73(38-34-67)103-92(123)69(27-23-43-97-95(96)126)52-77(115)84(58(5)6)105-81(118)30-26-45-110-48-42-71(50-63(110)13)90(121)101-56-100-89(120)70-41-47-109(62(12)49-70)44-25-29-80(117)104-83(57(3)4)76(114)51-68(22-2)91(122)102-72-35-31-66(32-36-72)54-98-65(15)112/h31-38,57-64,68-71,74,78,83-88H,21-30,39-56H2,1-20H3,(H,98,112)(H,99,116)(H,100,120)(H,101,121)(H,102,122)(H,103,123)(H,104,117)(H,105,118)(H,106,124)(H3,96,97,126)/t61-,62?,63?,64-,68+,69+,70?,71?,74-,78+,83-,84-,85-,86-,87-,88+/m0/s1. The predicted molar refractivity (Wildman–Crippen MR) is 493 cm³/mol. The normalized spacial score (nSPS) is 19.4. The highest BCUT2D eigenvalue weighted by Gasteiger charge is 2.44. The number of hydrogen-bond acceptors (Lipinski definition) is 20. The second kappa shape index (κ2) is 55.0. The number of likely N-dealkylation sites (tertiary alicyclic amines) is 3. The number of carbonyl (C=O) groups excluding carboxylic acids is 15. The van der Waals surface area contributed by atoms with Gasteiger partial charge in [-0.2, -0.15) is 0 Å². The fraction of sp³-hybridized carbons (Fsp3) is 0.716. The fourth-order valence-corrected chi connectivity index (χ4v) is 18.1. The number of nitrogens with two attached hydrogens (primary N) is 1. The molecule has 0 radical (unpaired) electrons. The van der Waals surface area contributed by atoms with E-state index in [1.807, 2.05) is 114 Å². The summed E-state index contributed by atoms with van der Waals surface area (Å²) in [4.78, 5) is 211. The number of likely N-dealkylation sites (N-methyl/N-ethyl adjacent to an activating group) is 2. The van der Waals surface area contributed by atoms with Crippen LogP contribution in [-0.2, 0) is 89.7 Å². The molecule has 0 aliphatic carbocycles. The molecular weight excluding hydrogens is 1640 g/mol. The van der Waals surface area contributed by atoms with Crippen LogP contribution in [0.2, 0.25) is 0 Å². The summed E-state index contributed by atoms with van der Waals surface area (Å²) in [7, 11) is 8.42. The predicted octanol–water partition coefficient (Wildman–Crippen LogP) is 7.75. The third-order valence-corrected chi connectivity index (χ3v) is 25.9. The smallest absolute Gasteiger partial charge is 0.312 e. The van der Waals surface area contributed by atoms with Crippen molar-refractivity contribution in [1.29, 1.82) is 0 Å². The first-order valence-corrected chi connectivity index (χ1v) is 46.7. The Morgan fingerprint density at radius 3 is 1.45 bits per heavy atom. The molecule has 33 heteroatoms. The maximum absolute atomic E-state index is 14.5. The largest absolute Gasteiger partial charge is 0.379 e. The van der Waals surface area contributed by atoms with Gasteiger partial charge in [-0.1, -0.05) is 114 Å². The molecule has 5 rings (SSSR count). The molecule has 33 nitrogen and oxygen atoms in total. The van der Waals surface area contributed by atoms with Crippen molar-refractivity contribution >= 4 is 99.7 Å². The number of methoxy groups -OCH3 is 2. The van der Waals surface area contributed by atoms with E-state index in [0.717, 1.165) is 5.56 Å². The van der Waals surface area contributed by atoms with Crippen molar-refractivity contribution in [2.75, 3.05) is 91.9 Å². The molecule has 718 valence electrons. The van der Waals surface area contributed by atoms with Crippen LogP contribution in [-0.4, -0.2) is 255 Å². The molecule has 2 aromatic carbocycles. The van der Waals surface area contributed by atoms with Crippen LogP contribution >= 0.6 is 0 Å². The van der Waals surface area contributed by atoms with E-state index in [-0.39, 0.29) is 201 Å². The van der Waals surface area contributed by atoms with Gasteiger partial charge in [0.1, 0.15) is 11.8 Å². The van der Waals surface area contributed by atoms with Gasteiger partial charge < -0.3 is 88.0 Å². The number of carbonyl (C=O) groups is 15. The summed E-state index contributed by atoms with van der Waals surface area (Å²) in [5.41, 5.74) is 7.91. The summed E-state index contributed by atoms with van der Waals surface area (Å²) < 4.78 is 12.1. The third-order valence-electron chi connectivity index (χ3n) is 25.9. The number of amides is 13. The van der Waals surface area contributed by atoms with E-state index in [4.69, 9.17) is 15.2 Å². The molecule has 2 aromatic rings. The van der Waals surface area contributed by atoms with E-state index in [2.05, 4.69) is 69.9 Å². The average Bonchev–Trinajstić information content (AvgIpc) is 1.35. The molecule has 3 aliphatic rings. The van der Waals surface area contributed by atoms with E-state index in [1.165, 1.54) is 21.1 Å². The van der Waals surface area contributed by atoms with Crippen molar-refractivity contribution in [2.24, 2.45) is 64.9 Å². The SMILES string of the molecule is CC[C@H](CC(=O)[C@@H](NC(=O)CCCN1CCC(C(=O)NCNC(=O)C2CCN(CCCC(=O)N[C@H](C(=O)C[C@@H](CCCNC(N)=O)C(=O)Nc3ccc(CNC(=O)CCC(=O)[C@H](C)[C@@H](OC)[C@@H]4CCCN4C(=O)C[C@@H](OC)[C@H]([C@@H](C)CC)N(C)C(=O)[C@@H](NC(=O)[C@H](C(C)C)N(C)C)C(C)C)cc3)C(C)C)C(C)C2)CC1C)C(C)C)C(=O)Nc1ccc(CNC(C)=O)cc1. The number of urea groups is 1. The minimum absolute atomic E-state index is 0.00357. The number of piperidine rings is 2. The van der Waals surface area contributed by atoms with Gasteiger partial charge in [0.25, 0.3) is 0 Å². The summed E-state index contributed by atoms with van der Waals surface area (Å²) in [6.07, 6.45) is 4.85. The van der Waals surface area contributed by atoms with Crippen molar-refractivity contribution in [3.63, 3.8) is 0 Å². The lowest BCUT2D eigenvalue weighted by Gasteiger charge is -2.41. The van der Waals surface area contributed by atoms with Crippen molar-refractivity contribution in [3.05, 3.63) is 59.7 Å². The van der Waals surface area contributed by atoms with E-state index in [0.29, 0.717) is 127 Å². The lowest BCUT2D eigenvalue weighted by Crippen LogP contribution is -2.59. The molecule has 0 spiro atoms. The van der Waals surface area contributed by atoms with Crippen LogP contribution in [0.1, 0.15) is 237 Å². The molecule has 13 amide bonds. The number of nitrogens with zero attached hydrogens (tertiary/aromatic N) is 5. The zero-order chi connectivity index (χ0) is 95.3. The van der Waals surface area contributed by atoms with Crippen LogP contribution in [0.3, 0.4) is 0 Å². The Labute approximate surface area is 760 Å². The van der Waals surface area contributed by atoms with Gasteiger partial charge in [0.15, 0.2) is 11.6 Å². The molecular formula is C95H156N16O17.